The number of likely N-dealkylation sites (tertiary alicyclic amines) is 1. The number of piperidine rings is 1. The SMILES string of the molecule is CCOc1ccc(C(=O)c2oc3ccc(C)cc3c2CCN2CCCCC2)cc1.O=S(=O)(O)O. The molecule has 2 heterocycles. The first kappa shape index (κ1) is 25.9. The lowest BCUT2D eigenvalue weighted by Crippen LogP contribution is -2.31. The Morgan fingerprint density at radius 2 is 1.71 bits per heavy atom. The maximum atomic E-state index is 13.3. The van der Waals surface area contributed by atoms with E-state index in [0.29, 0.717) is 17.9 Å². The van der Waals surface area contributed by atoms with Crippen molar-refractivity contribution in [3.8, 4) is 5.75 Å². The average Bonchev–Trinajstić information content (AvgIpc) is 3.15. The van der Waals surface area contributed by atoms with E-state index < -0.39 is 10.4 Å². The molecule has 0 unspecified atom stereocenters. The van der Waals surface area contributed by atoms with E-state index in [1.54, 1.807) is 0 Å². The van der Waals surface area contributed by atoms with Crippen LogP contribution in [-0.4, -0.2) is 54.4 Å². The second kappa shape index (κ2) is 11.6. The predicted molar refractivity (Wildman–Crippen MR) is 130 cm³/mol. The summed E-state index contributed by atoms with van der Waals surface area (Å²) in [6.45, 7) is 7.90. The van der Waals surface area contributed by atoms with Crippen LogP contribution >= 0.6 is 0 Å². The van der Waals surface area contributed by atoms with Gasteiger partial charge in [-0.2, -0.15) is 8.42 Å². The Hall–Kier alpha value is -2.72. The average molecular weight is 490 g/mol. The topological polar surface area (TPSA) is 117 Å². The number of hydrogen-bond donors (Lipinski definition) is 2. The number of benzene rings is 2. The number of ether oxygens (including phenoxy) is 1. The lowest BCUT2D eigenvalue weighted by atomic mass is 10.00. The minimum Gasteiger partial charge on any atom is -0.494 e. The van der Waals surface area contributed by atoms with Gasteiger partial charge in [0.15, 0.2) is 5.76 Å². The molecular formula is C25H31NO7S. The van der Waals surface area contributed by atoms with E-state index in [4.69, 9.17) is 26.7 Å². The molecule has 1 saturated heterocycles. The van der Waals surface area contributed by atoms with E-state index in [0.717, 1.165) is 48.3 Å². The summed E-state index contributed by atoms with van der Waals surface area (Å²) in [4.78, 5) is 15.8. The van der Waals surface area contributed by atoms with Crippen molar-refractivity contribution in [3.63, 3.8) is 0 Å². The quantitative estimate of drug-likeness (QED) is 0.361. The number of rotatable bonds is 7. The fraction of sp³-hybridized carbons (Fsp3) is 0.400. The van der Waals surface area contributed by atoms with Crippen molar-refractivity contribution in [1.29, 1.82) is 0 Å². The number of hydrogen-bond acceptors (Lipinski definition) is 6. The summed E-state index contributed by atoms with van der Waals surface area (Å²) in [5.41, 5.74) is 3.63. The normalized spacial score (nSPS) is 14.5. The monoisotopic (exact) mass is 489 g/mol. The highest BCUT2D eigenvalue weighted by Gasteiger charge is 2.23. The maximum Gasteiger partial charge on any atom is 0.394 e. The Bertz CT molecular complexity index is 1200. The van der Waals surface area contributed by atoms with Gasteiger partial charge in [0, 0.05) is 23.1 Å². The summed E-state index contributed by atoms with van der Waals surface area (Å²) in [5.74, 6) is 1.19. The molecule has 4 rings (SSSR count). The van der Waals surface area contributed by atoms with Gasteiger partial charge in [-0.3, -0.25) is 13.9 Å². The Balaban J connectivity index is 0.000000588. The highest BCUT2D eigenvalue weighted by atomic mass is 32.3. The molecule has 1 aliphatic rings. The summed E-state index contributed by atoms with van der Waals surface area (Å²) >= 11 is 0. The zero-order valence-electron chi connectivity index (χ0n) is 19.5. The number of ketones is 1. The first-order chi connectivity index (χ1) is 16.2. The van der Waals surface area contributed by atoms with Gasteiger partial charge in [-0.05, 0) is 82.6 Å². The van der Waals surface area contributed by atoms with Crippen LogP contribution in [0.3, 0.4) is 0 Å². The van der Waals surface area contributed by atoms with Crippen LogP contribution in [0.25, 0.3) is 11.0 Å². The predicted octanol–water partition coefficient (Wildman–Crippen LogP) is 4.75. The Morgan fingerprint density at radius 1 is 1.06 bits per heavy atom. The number of fused-ring (bicyclic) bond motifs is 1. The minimum absolute atomic E-state index is 0.0597. The maximum absolute atomic E-state index is 13.3. The summed E-state index contributed by atoms with van der Waals surface area (Å²) < 4.78 is 43.2. The van der Waals surface area contributed by atoms with Crippen LogP contribution in [-0.2, 0) is 16.8 Å². The second-order valence-corrected chi connectivity index (χ2v) is 9.19. The molecule has 1 aliphatic heterocycles. The number of nitrogens with zero attached hydrogens (tertiary/aromatic N) is 1. The molecule has 0 bridgehead atoms. The molecular weight excluding hydrogens is 458 g/mol. The lowest BCUT2D eigenvalue weighted by Gasteiger charge is -2.26. The molecule has 1 fully saturated rings. The molecule has 0 saturated carbocycles. The summed E-state index contributed by atoms with van der Waals surface area (Å²) in [6, 6.07) is 13.5. The molecule has 0 aliphatic carbocycles. The first-order valence-corrected chi connectivity index (χ1v) is 12.8. The zero-order valence-corrected chi connectivity index (χ0v) is 20.3. The minimum atomic E-state index is -4.67. The summed E-state index contributed by atoms with van der Waals surface area (Å²) in [5, 5.41) is 1.07. The third kappa shape index (κ3) is 7.39. The van der Waals surface area contributed by atoms with Crippen molar-refractivity contribution in [1.82, 2.24) is 4.90 Å². The molecule has 34 heavy (non-hydrogen) atoms. The molecule has 0 spiro atoms. The van der Waals surface area contributed by atoms with Gasteiger partial charge >= 0.3 is 10.4 Å². The van der Waals surface area contributed by atoms with Crippen LogP contribution in [0.4, 0.5) is 0 Å². The molecule has 0 amide bonds. The van der Waals surface area contributed by atoms with Crippen LogP contribution in [0.1, 0.15) is 53.4 Å². The van der Waals surface area contributed by atoms with Gasteiger partial charge in [0.2, 0.25) is 5.78 Å². The smallest absolute Gasteiger partial charge is 0.394 e. The van der Waals surface area contributed by atoms with Crippen LogP contribution < -0.4 is 4.74 Å². The number of carbonyl (C=O) groups excluding carboxylic acids is 1. The van der Waals surface area contributed by atoms with Crippen LogP contribution in [0, 0.1) is 6.92 Å². The van der Waals surface area contributed by atoms with Crippen molar-refractivity contribution in [2.75, 3.05) is 26.2 Å². The molecule has 9 heteroatoms. The van der Waals surface area contributed by atoms with Gasteiger partial charge in [-0.15, -0.1) is 0 Å². The van der Waals surface area contributed by atoms with Gasteiger partial charge < -0.3 is 14.1 Å². The van der Waals surface area contributed by atoms with Crippen LogP contribution in [0.5, 0.6) is 5.75 Å². The highest BCUT2D eigenvalue weighted by molar-refractivity contribution is 7.79. The van der Waals surface area contributed by atoms with E-state index in [-0.39, 0.29) is 5.78 Å². The van der Waals surface area contributed by atoms with Gasteiger partial charge in [-0.1, -0.05) is 18.1 Å². The molecule has 2 aromatic carbocycles. The molecule has 8 nitrogen and oxygen atoms in total. The van der Waals surface area contributed by atoms with E-state index in [2.05, 4.69) is 17.9 Å². The van der Waals surface area contributed by atoms with Gasteiger partial charge in [0.25, 0.3) is 0 Å². The first-order valence-electron chi connectivity index (χ1n) is 11.4. The van der Waals surface area contributed by atoms with E-state index in [1.165, 1.54) is 24.8 Å². The van der Waals surface area contributed by atoms with Crippen molar-refractivity contribution in [2.24, 2.45) is 0 Å². The summed E-state index contributed by atoms with van der Waals surface area (Å²) in [6.07, 6.45) is 4.69. The second-order valence-electron chi connectivity index (χ2n) is 8.30. The van der Waals surface area contributed by atoms with E-state index in [9.17, 15) is 4.79 Å². The third-order valence-corrected chi connectivity index (χ3v) is 5.71. The molecule has 2 N–H and O–H groups in total. The Kier molecular flexibility index (Phi) is 8.84. The number of furan rings is 1. The molecule has 184 valence electrons. The van der Waals surface area contributed by atoms with Crippen molar-refractivity contribution < 1.29 is 31.5 Å². The Morgan fingerprint density at radius 3 is 2.32 bits per heavy atom. The highest BCUT2D eigenvalue weighted by Crippen LogP contribution is 2.30. The van der Waals surface area contributed by atoms with E-state index >= 15 is 0 Å². The lowest BCUT2D eigenvalue weighted by molar-refractivity contribution is 0.101. The van der Waals surface area contributed by atoms with Gasteiger partial charge in [0.05, 0.1) is 6.61 Å². The fourth-order valence-corrected chi connectivity index (χ4v) is 4.15. The van der Waals surface area contributed by atoms with Gasteiger partial charge in [-0.25, -0.2) is 0 Å². The Labute approximate surface area is 200 Å². The van der Waals surface area contributed by atoms with E-state index in [1.807, 2.05) is 43.3 Å². The van der Waals surface area contributed by atoms with Crippen molar-refractivity contribution in [2.45, 2.75) is 39.5 Å². The number of aryl methyl sites for hydroxylation is 1. The fourth-order valence-electron chi connectivity index (χ4n) is 4.15. The van der Waals surface area contributed by atoms with Crippen molar-refractivity contribution >= 4 is 27.2 Å². The van der Waals surface area contributed by atoms with Crippen LogP contribution in [0.15, 0.2) is 46.9 Å². The standard InChI is InChI=1S/C25H29NO3.H2O4S/c1-3-28-20-10-8-19(9-11-20)24(27)25-21(13-16-26-14-5-4-6-15-26)22-17-18(2)7-12-23(22)29-25;1-5(2,3)4/h7-12,17H,3-6,13-16H2,1-2H3;(H2,1,2,3,4). The molecule has 3 aromatic rings. The van der Waals surface area contributed by atoms with Crippen molar-refractivity contribution in [3.05, 3.63) is 64.9 Å². The number of carbonyl (C=O) groups is 1. The molecule has 0 atom stereocenters. The zero-order chi connectivity index (χ0) is 24.7. The largest absolute Gasteiger partial charge is 0.494 e. The van der Waals surface area contributed by atoms with Gasteiger partial charge in [0.1, 0.15) is 11.3 Å². The summed E-state index contributed by atoms with van der Waals surface area (Å²) in [7, 11) is -4.67. The van der Waals surface area contributed by atoms with Crippen LogP contribution in [0.2, 0.25) is 0 Å². The molecule has 0 radical (unpaired) electrons. The third-order valence-electron chi connectivity index (χ3n) is 5.71. The molecule has 1 aromatic heterocycles.